The number of ether oxygens (including phenoxy) is 1. The topological polar surface area (TPSA) is 115 Å². The quantitative estimate of drug-likeness (QED) is 0.640. The fraction of sp³-hybridized carbons (Fsp3) is 0.389. The highest BCUT2D eigenvalue weighted by Gasteiger charge is 2.54. The Morgan fingerprint density at radius 3 is 2.89 bits per heavy atom. The molecule has 1 aromatic carbocycles. The van der Waals surface area contributed by atoms with Gasteiger partial charge in [0.2, 0.25) is 18.0 Å². The minimum Gasteiger partial charge on any atom is -0.475 e. The van der Waals surface area contributed by atoms with Crippen LogP contribution in [0.4, 0.5) is 4.39 Å². The maximum Gasteiger partial charge on any atom is 0.258 e. The molecule has 4 N–H and O–H groups in total. The maximum atomic E-state index is 14.0. The van der Waals surface area contributed by atoms with Gasteiger partial charge in [-0.3, -0.25) is 9.59 Å². The van der Waals surface area contributed by atoms with E-state index >= 15 is 0 Å². The Bertz CT molecular complexity index is 910. The van der Waals surface area contributed by atoms with E-state index in [2.05, 4.69) is 10.3 Å². The lowest BCUT2D eigenvalue weighted by Crippen LogP contribution is -2.49. The number of aromatic nitrogens is 1. The summed E-state index contributed by atoms with van der Waals surface area (Å²) in [6.07, 6.45) is 1.39. The average molecular weight is 393 g/mol. The molecule has 1 saturated heterocycles. The first kappa shape index (κ1) is 19.4. The Hall–Kier alpha value is -2.39. The second-order valence-electron chi connectivity index (χ2n) is 6.33. The van der Waals surface area contributed by atoms with Crippen molar-refractivity contribution in [1.82, 2.24) is 10.3 Å². The molecular formula is C18H20FN3O4S. The summed E-state index contributed by atoms with van der Waals surface area (Å²) in [5, 5.41) is 14.2. The fourth-order valence-corrected chi connectivity index (χ4v) is 3.81. The molecule has 2 aromatic rings. The van der Waals surface area contributed by atoms with Gasteiger partial charge >= 0.3 is 0 Å². The van der Waals surface area contributed by atoms with Crippen LogP contribution in [0.25, 0.3) is 10.8 Å². The van der Waals surface area contributed by atoms with Gasteiger partial charge in [-0.1, -0.05) is 6.92 Å². The monoisotopic (exact) mass is 393 g/mol. The third kappa shape index (κ3) is 3.32. The average Bonchev–Trinajstić information content (AvgIpc) is 2.89. The summed E-state index contributed by atoms with van der Waals surface area (Å²) in [4.78, 5) is 28.1. The van der Waals surface area contributed by atoms with E-state index in [1.54, 1.807) is 25.1 Å². The van der Waals surface area contributed by atoms with Crippen molar-refractivity contribution in [2.24, 2.45) is 5.73 Å². The Morgan fingerprint density at radius 2 is 2.26 bits per heavy atom. The normalized spacial score (nSPS) is 24.8. The Kier molecular flexibility index (Phi) is 5.25. The lowest BCUT2D eigenvalue weighted by atomic mass is 9.91. The van der Waals surface area contributed by atoms with Crippen molar-refractivity contribution in [3.8, 4) is 5.88 Å². The molecule has 0 saturated carbocycles. The third-order valence-electron chi connectivity index (χ3n) is 4.86. The van der Waals surface area contributed by atoms with Crippen molar-refractivity contribution in [3.63, 3.8) is 0 Å². The van der Waals surface area contributed by atoms with E-state index in [4.69, 9.17) is 10.5 Å². The van der Waals surface area contributed by atoms with Gasteiger partial charge in [-0.2, -0.15) is 0 Å². The summed E-state index contributed by atoms with van der Waals surface area (Å²) in [6, 6.07) is 4.23. The number of nitrogens with two attached hydrogens (primary N) is 1. The number of halogens is 1. The van der Waals surface area contributed by atoms with E-state index in [9.17, 15) is 19.1 Å². The summed E-state index contributed by atoms with van der Waals surface area (Å²) < 4.78 is 19.8. The molecular weight excluding hydrogens is 373 g/mol. The van der Waals surface area contributed by atoms with Crippen LogP contribution in [0.3, 0.4) is 0 Å². The predicted octanol–water partition coefficient (Wildman–Crippen LogP) is 1.41. The lowest BCUT2D eigenvalue weighted by Gasteiger charge is -2.28. The molecule has 27 heavy (non-hydrogen) atoms. The number of nitrogens with one attached hydrogen (secondary N) is 1. The Morgan fingerprint density at radius 1 is 1.52 bits per heavy atom. The molecule has 3 rings (SSSR count). The molecule has 1 fully saturated rings. The molecule has 2 amide bonds. The third-order valence-corrected chi connectivity index (χ3v) is 5.63. The number of hydrogen-bond acceptors (Lipinski definition) is 6. The molecule has 0 aliphatic carbocycles. The molecule has 2 heterocycles. The Labute approximate surface area is 159 Å². The summed E-state index contributed by atoms with van der Waals surface area (Å²) in [5.41, 5.74) is 4.00. The van der Waals surface area contributed by atoms with E-state index in [1.165, 1.54) is 18.0 Å². The number of amides is 2. The van der Waals surface area contributed by atoms with Crippen LogP contribution in [0.15, 0.2) is 29.3 Å². The first-order valence-corrected chi connectivity index (χ1v) is 9.60. The van der Waals surface area contributed by atoms with E-state index < -0.39 is 29.6 Å². The van der Waals surface area contributed by atoms with Crippen molar-refractivity contribution < 1.29 is 23.8 Å². The summed E-state index contributed by atoms with van der Waals surface area (Å²) in [6.45, 7) is 1.46. The number of aliphatic hydroxyl groups is 1. The van der Waals surface area contributed by atoms with Gasteiger partial charge in [0, 0.05) is 16.5 Å². The largest absolute Gasteiger partial charge is 0.475 e. The molecule has 1 aliphatic rings. The van der Waals surface area contributed by atoms with Gasteiger partial charge in [0.25, 0.3) is 5.91 Å². The van der Waals surface area contributed by atoms with E-state index in [-0.39, 0.29) is 18.9 Å². The summed E-state index contributed by atoms with van der Waals surface area (Å²) >= 11 is 1.36. The van der Waals surface area contributed by atoms with Crippen molar-refractivity contribution in [1.29, 1.82) is 0 Å². The van der Waals surface area contributed by atoms with Gasteiger partial charge in [-0.25, -0.2) is 9.37 Å². The van der Waals surface area contributed by atoms with Gasteiger partial charge in [0.1, 0.15) is 12.2 Å². The highest BCUT2D eigenvalue weighted by atomic mass is 32.2. The van der Waals surface area contributed by atoms with Crippen LogP contribution in [0.5, 0.6) is 5.88 Å². The molecule has 1 aromatic heterocycles. The van der Waals surface area contributed by atoms with Crippen LogP contribution in [0, 0.1) is 0 Å². The standard InChI is InChI=1S/C18H20FN3O4S/c1-3-18(25)13(22-16(24)14(18)19)8-26-17-10-7-12(27-2)11(15(20)23)6-9(10)4-5-21-17/h4-7,13-14,25H,3,8H2,1-2H3,(H2,20,23)(H,22,24)/t13-,14-,18-/m1/s1. The number of fused-ring (bicyclic) bond motifs is 1. The molecule has 0 radical (unpaired) electrons. The number of alkyl halides is 1. The number of benzene rings is 1. The minimum atomic E-state index is -2.00. The van der Waals surface area contributed by atoms with Gasteiger partial charge in [-0.15, -0.1) is 11.8 Å². The number of pyridine rings is 1. The predicted molar refractivity (Wildman–Crippen MR) is 99.6 cm³/mol. The van der Waals surface area contributed by atoms with Crippen LogP contribution < -0.4 is 15.8 Å². The molecule has 144 valence electrons. The van der Waals surface area contributed by atoms with E-state index in [0.717, 1.165) is 0 Å². The zero-order valence-electron chi connectivity index (χ0n) is 14.9. The first-order valence-electron chi connectivity index (χ1n) is 8.38. The van der Waals surface area contributed by atoms with Crippen LogP contribution in [-0.4, -0.2) is 52.6 Å². The SMILES string of the molecule is CC[C@]1(O)[C@H](F)C(=O)N[C@@H]1COc1nccc2cc(C(N)=O)c(SC)cc12. The second-order valence-corrected chi connectivity index (χ2v) is 7.18. The van der Waals surface area contributed by atoms with Gasteiger partial charge in [0.15, 0.2) is 0 Å². The fourth-order valence-electron chi connectivity index (χ4n) is 3.20. The zero-order valence-corrected chi connectivity index (χ0v) is 15.7. The van der Waals surface area contributed by atoms with Gasteiger partial charge < -0.3 is 20.9 Å². The molecule has 1 aliphatic heterocycles. The second kappa shape index (κ2) is 7.32. The molecule has 3 atom stereocenters. The zero-order chi connectivity index (χ0) is 19.8. The van der Waals surface area contributed by atoms with Crippen molar-refractivity contribution in [3.05, 3.63) is 30.0 Å². The number of hydrogen-bond donors (Lipinski definition) is 3. The van der Waals surface area contributed by atoms with Crippen LogP contribution in [0.1, 0.15) is 23.7 Å². The van der Waals surface area contributed by atoms with Crippen molar-refractivity contribution >= 4 is 34.3 Å². The maximum absolute atomic E-state index is 14.0. The molecule has 0 spiro atoms. The highest BCUT2D eigenvalue weighted by Crippen LogP contribution is 2.33. The number of thioether (sulfide) groups is 1. The van der Waals surface area contributed by atoms with Crippen molar-refractivity contribution in [2.45, 2.75) is 36.1 Å². The van der Waals surface area contributed by atoms with Crippen molar-refractivity contribution in [2.75, 3.05) is 12.9 Å². The summed E-state index contributed by atoms with van der Waals surface area (Å²) in [5.74, 6) is -1.13. The summed E-state index contributed by atoms with van der Waals surface area (Å²) in [7, 11) is 0. The molecule has 9 heteroatoms. The molecule has 0 unspecified atom stereocenters. The molecule has 0 bridgehead atoms. The number of carbonyl (C=O) groups is 2. The number of nitrogens with zero attached hydrogens (tertiary/aromatic N) is 1. The number of primary amides is 1. The highest BCUT2D eigenvalue weighted by molar-refractivity contribution is 7.98. The van der Waals surface area contributed by atoms with Crippen LogP contribution >= 0.6 is 11.8 Å². The smallest absolute Gasteiger partial charge is 0.258 e. The van der Waals surface area contributed by atoms with E-state index in [0.29, 0.717) is 21.2 Å². The number of rotatable bonds is 6. The lowest BCUT2D eigenvalue weighted by molar-refractivity contribution is -0.127. The Balaban J connectivity index is 1.92. The first-order chi connectivity index (χ1) is 12.8. The van der Waals surface area contributed by atoms with Gasteiger partial charge in [0.05, 0.1) is 11.6 Å². The molecule has 7 nitrogen and oxygen atoms in total. The van der Waals surface area contributed by atoms with Crippen LogP contribution in [0.2, 0.25) is 0 Å². The number of carbonyl (C=O) groups excluding carboxylic acids is 2. The van der Waals surface area contributed by atoms with Crippen LogP contribution in [-0.2, 0) is 4.79 Å². The van der Waals surface area contributed by atoms with Gasteiger partial charge in [-0.05, 0) is 36.3 Å². The minimum absolute atomic E-state index is 0.0580. The van der Waals surface area contributed by atoms with E-state index in [1.807, 2.05) is 6.26 Å².